The molecule has 2 aromatic rings. The molecule has 0 bridgehead atoms. The molecular weight excluding hydrogens is 358 g/mol. The Bertz CT molecular complexity index is 871. The van der Waals surface area contributed by atoms with Crippen LogP contribution in [0.3, 0.4) is 0 Å². The summed E-state index contributed by atoms with van der Waals surface area (Å²) in [5.41, 5.74) is 0.249. The molecule has 2 heterocycles. The van der Waals surface area contributed by atoms with Gasteiger partial charge in [0.2, 0.25) is 11.6 Å². The van der Waals surface area contributed by atoms with Crippen molar-refractivity contribution in [2.45, 2.75) is 12.0 Å². The average Bonchev–Trinajstić information content (AvgIpc) is 3.14. The van der Waals surface area contributed by atoms with Gasteiger partial charge in [-0.1, -0.05) is 25.1 Å². The van der Waals surface area contributed by atoms with Crippen molar-refractivity contribution in [2.24, 2.45) is 0 Å². The molecule has 1 aliphatic heterocycles. The predicted molar refractivity (Wildman–Crippen MR) is 94.2 cm³/mol. The van der Waals surface area contributed by atoms with Crippen LogP contribution in [0.5, 0.6) is 0 Å². The van der Waals surface area contributed by atoms with Crippen molar-refractivity contribution in [1.82, 2.24) is 14.2 Å². The zero-order chi connectivity index (χ0) is 18.7. The zero-order valence-corrected chi connectivity index (χ0v) is 15.5. The Kier molecular flexibility index (Phi) is 5.40. The number of oxazole rings is 1. The molecule has 0 saturated carbocycles. The van der Waals surface area contributed by atoms with E-state index in [1.165, 1.54) is 11.4 Å². The van der Waals surface area contributed by atoms with Crippen LogP contribution in [-0.4, -0.2) is 68.4 Å². The Balaban J connectivity index is 2.00. The first-order valence-electron chi connectivity index (χ1n) is 8.34. The maximum Gasteiger partial charge on any atom is 0.361 e. The van der Waals surface area contributed by atoms with Gasteiger partial charge in [0.25, 0.3) is 15.1 Å². The van der Waals surface area contributed by atoms with Crippen LogP contribution < -0.4 is 0 Å². The van der Waals surface area contributed by atoms with Crippen LogP contribution >= 0.6 is 0 Å². The Morgan fingerprint density at radius 3 is 2.42 bits per heavy atom. The van der Waals surface area contributed by atoms with Crippen LogP contribution in [0.15, 0.2) is 39.8 Å². The van der Waals surface area contributed by atoms with E-state index in [-0.39, 0.29) is 11.6 Å². The molecule has 1 saturated heterocycles. The van der Waals surface area contributed by atoms with Crippen molar-refractivity contribution in [1.29, 1.82) is 0 Å². The fourth-order valence-corrected chi connectivity index (χ4v) is 4.25. The third-order valence-electron chi connectivity index (χ3n) is 4.35. The number of rotatable bonds is 5. The Labute approximate surface area is 152 Å². The van der Waals surface area contributed by atoms with Crippen molar-refractivity contribution < 1.29 is 22.4 Å². The van der Waals surface area contributed by atoms with E-state index in [9.17, 15) is 13.2 Å². The van der Waals surface area contributed by atoms with Gasteiger partial charge in [0, 0.05) is 31.7 Å². The van der Waals surface area contributed by atoms with E-state index >= 15 is 0 Å². The highest BCUT2D eigenvalue weighted by atomic mass is 32.2. The number of carbonyl (C=O) groups is 1. The maximum absolute atomic E-state index is 13.0. The van der Waals surface area contributed by atoms with Gasteiger partial charge in [-0.2, -0.15) is 4.31 Å². The molecule has 0 N–H and O–H groups in total. The van der Waals surface area contributed by atoms with E-state index in [0.29, 0.717) is 31.7 Å². The van der Waals surface area contributed by atoms with Crippen LogP contribution in [0.2, 0.25) is 0 Å². The molecule has 0 amide bonds. The van der Waals surface area contributed by atoms with Crippen LogP contribution in [0, 0.1) is 0 Å². The summed E-state index contributed by atoms with van der Waals surface area (Å²) in [5.74, 6) is -0.779. The van der Waals surface area contributed by atoms with E-state index in [2.05, 4.69) is 9.88 Å². The van der Waals surface area contributed by atoms with Gasteiger partial charge in [-0.15, -0.1) is 0 Å². The first kappa shape index (κ1) is 18.6. The molecule has 1 fully saturated rings. The van der Waals surface area contributed by atoms with Crippen molar-refractivity contribution in [3.05, 3.63) is 36.0 Å². The van der Waals surface area contributed by atoms with E-state index in [1.807, 2.05) is 13.0 Å². The lowest BCUT2D eigenvalue weighted by Gasteiger charge is -2.32. The monoisotopic (exact) mass is 379 g/mol. The number of esters is 1. The van der Waals surface area contributed by atoms with Gasteiger partial charge in [0.1, 0.15) is 0 Å². The van der Waals surface area contributed by atoms with Gasteiger partial charge >= 0.3 is 5.97 Å². The third-order valence-corrected chi connectivity index (χ3v) is 6.14. The second kappa shape index (κ2) is 7.56. The Morgan fingerprint density at radius 2 is 1.85 bits per heavy atom. The number of ether oxygens (including phenoxy) is 1. The van der Waals surface area contributed by atoms with Crippen molar-refractivity contribution >= 4 is 16.0 Å². The molecular formula is C17H21N3O5S. The minimum Gasteiger partial charge on any atom is -0.464 e. The highest BCUT2D eigenvalue weighted by Gasteiger charge is 2.37. The number of likely N-dealkylation sites (N-methyl/N-ethyl adjacent to an activating group) is 1. The summed E-state index contributed by atoms with van der Waals surface area (Å²) in [4.78, 5) is 18.3. The SMILES string of the molecule is CCN1CCN(S(=O)(=O)c2oc(-c3ccccc3)nc2C(=O)OC)CC1. The first-order valence-corrected chi connectivity index (χ1v) is 9.78. The van der Waals surface area contributed by atoms with E-state index < -0.39 is 21.1 Å². The molecule has 8 nitrogen and oxygen atoms in total. The molecule has 0 atom stereocenters. The van der Waals surface area contributed by atoms with Gasteiger partial charge in [-0.05, 0) is 18.7 Å². The summed E-state index contributed by atoms with van der Waals surface area (Å²) in [6.45, 7) is 4.81. The largest absolute Gasteiger partial charge is 0.464 e. The summed E-state index contributed by atoms with van der Waals surface area (Å²) in [6.07, 6.45) is 0. The standard InChI is InChI=1S/C17H21N3O5S/c1-3-19-9-11-20(12-10-19)26(22,23)17-14(16(21)24-2)18-15(25-17)13-7-5-4-6-8-13/h4-8H,3,9-12H2,1-2H3. The lowest BCUT2D eigenvalue weighted by Crippen LogP contribution is -2.48. The molecule has 140 valence electrons. The second-order valence-electron chi connectivity index (χ2n) is 5.85. The first-order chi connectivity index (χ1) is 12.5. The quantitative estimate of drug-likeness (QED) is 0.726. The maximum atomic E-state index is 13.0. The van der Waals surface area contributed by atoms with Gasteiger partial charge in [0.05, 0.1) is 7.11 Å². The normalized spacial score (nSPS) is 16.5. The molecule has 9 heteroatoms. The number of benzene rings is 1. The van der Waals surface area contributed by atoms with Crippen LogP contribution in [0.1, 0.15) is 17.4 Å². The number of nitrogens with zero attached hydrogens (tertiary/aromatic N) is 3. The van der Waals surface area contributed by atoms with Crippen molar-refractivity contribution in [2.75, 3.05) is 39.8 Å². The van der Waals surface area contributed by atoms with Gasteiger partial charge in [0.15, 0.2) is 0 Å². The van der Waals surface area contributed by atoms with Gasteiger partial charge in [-0.25, -0.2) is 18.2 Å². The Morgan fingerprint density at radius 1 is 1.19 bits per heavy atom. The van der Waals surface area contributed by atoms with Gasteiger partial charge in [-0.3, -0.25) is 0 Å². The molecule has 1 aliphatic rings. The lowest BCUT2D eigenvalue weighted by atomic mass is 10.2. The van der Waals surface area contributed by atoms with Crippen LogP contribution in [-0.2, 0) is 14.8 Å². The molecule has 1 aromatic carbocycles. The van der Waals surface area contributed by atoms with Crippen molar-refractivity contribution in [3.63, 3.8) is 0 Å². The number of piperazine rings is 1. The molecule has 3 rings (SSSR count). The number of sulfonamides is 1. The highest BCUT2D eigenvalue weighted by molar-refractivity contribution is 7.89. The second-order valence-corrected chi connectivity index (χ2v) is 7.69. The summed E-state index contributed by atoms with van der Waals surface area (Å²) in [7, 11) is -2.81. The Hall–Kier alpha value is -2.23. The topological polar surface area (TPSA) is 93.0 Å². The smallest absolute Gasteiger partial charge is 0.361 e. The zero-order valence-electron chi connectivity index (χ0n) is 14.7. The lowest BCUT2D eigenvalue weighted by molar-refractivity contribution is 0.0587. The van der Waals surface area contributed by atoms with Crippen molar-refractivity contribution in [3.8, 4) is 11.5 Å². The van der Waals surface area contributed by atoms with E-state index in [0.717, 1.165) is 6.54 Å². The molecule has 0 radical (unpaired) electrons. The van der Waals surface area contributed by atoms with E-state index in [4.69, 9.17) is 9.15 Å². The summed E-state index contributed by atoms with van der Waals surface area (Å²) >= 11 is 0. The fourth-order valence-electron chi connectivity index (χ4n) is 2.81. The van der Waals surface area contributed by atoms with Crippen LogP contribution in [0.4, 0.5) is 0 Å². The molecule has 26 heavy (non-hydrogen) atoms. The number of methoxy groups -OCH3 is 1. The number of hydrogen-bond acceptors (Lipinski definition) is 7. The number of hydrogen-bond donors (Lipinski definition) is 0. The molecule has 0 unspecified atom stereocenters. The number of carbonyl (C=O) groups excluding carboxylic acids is 1. The average molecular weight is 379 g/mol. The summed E-state index contributed by atoms with van der Waals surface area (Å²) in [6, 6.07) is 8.82. The molecule has 0 spiro atoms. The van der Waals surface area contributed by atoms with Gasteiger partial charge < -0.3 is 14.1 Å². The molecule has 0 aliphatic carbocycles. The molecule has 1 aromatic heterocycles. The summed E-state index contributed by atoms with van der Waals surface area (Å²) in [5, 5.41) is -0.465. The predicted octanol–water partition coefficient (Wildman–Crippen LogP) is 1.45. The number of aromatic nitrogens is 1. The fraction of sp³-hybridized carbons (Fsp3) is 0.412. The highest BCUT2D eigenvalue weighted by Crippen LogP contribution is 2.28. The minimum absolute atomic E-state index is 0.0665. The minimum atomic E-state index is -3.99. The van der Waals surface area contributed by atoms with E-state index in [1.54, 1.807) is 24.3 Å². The third kappa shape index (κ3) is 3.50. The summed E-state index contributed by atoms with van der Waals surface area (Å²) < 4.78 is 37.6. The van der Waals surface area contributed by atoms with Crippen LogP contribution in [0.25, 0.3) is 11.5 Å².